The van der Waals surface area contributed by atoms with Gasteiger partial charge in [0.05, 0.1) is 17.1 Å². The summed E-state index contributed by atoms with van der Waals surface area (Å²) in [7, 11) is 1.92. The van der Waals surface area contributed by atoms with Crippen LogP contribution in [-0.4, -0.2) is 37.0 Å². The SMILES string of the molecule is CN(CC(=O)Nc1ccc(C#N)c(Cl)c1)C(CN)C1CC1. The van der Waals surface area contributed by atoms with E-state index >= 15 is 0 Å². The van der Waals surface area contributed by atoms with Crippen molar-refractivity contribution in [1.29, 1.82) is 5.26 Å². The molecular weight excluding hydrogens is 288 g/mol. The molecule has 1 amide bonds. The summed E-state index contributed by atoms with van der Waals surface area (Å²) in [5.41, 5.74) is 6.76. The summed E-state index contributed by atoms with van der Waals surface area (Å²) < 4.78 is 0. The highest BCUT2D eigenvalue weighted by molar-refractivity contribution is 6.32. The molecule has 112 valence electrons. The van der Waals surface area contributed by atoms with Crippen LogP contribution in [0.2, 0.25) is 5.02 Å². The molecule has 1 aromatic carbocycles. The van der Waals surface area contributed by atoms with Crippen molar-refractivity contribution in [2.45, 2.75) is 18.9 Å². The number of carbonyl (C=O) groups is 1. The zero-order chi connectivity index (χ0) is 15.4. The average Bonchev–Trinajstić information content (AvgIpc) is 3.24. The molecule has 1 aliphatic rings. The first-order valence-electron chi connectivity index (χ1n) is 6.95. The van der Waals surface area contributed by atoms with Gasteiger partial charge in [0, 0.05) is 18.3 Å². The van der Waals surface area contributed by atoms with Gasteiger partial charge < -0.3 is 11.1 Å². The molecule has 21 heavy (non-hydrogen) atoms. The van der Waals surface area contributed by atoms with Crippen LogP contribution in [0.3, 0.4) is 0 Å². The van der Waals surface area contributed by atoms with E-state index in [9.17, 15) is 4.79 Å². The number of carbonyl (C=O) groups excluding carboxylic acids is 1. The number of hydrogen-bond donors (Lipinski definition) is 2. The van der Waals surface area contributed by atoms with Gasteiger partial charge in [-0.05, 0) is 44.0 Å². The van der Waals surface area contributed by atoms with Crippen LogP contribution in [0.4, 0.5) is 5.69 Å². The van der Waals surface area contributed by atoms with Crippen LogP contribution in [0.25, 0.3) is 0 Å². The summed E-state index contributed by atoms with van der Waals surface area (Å²) in [6, 6.07) is 7.09. The summed E-state index contributed by atoms with van der Waals surface area (Å²) in [6.07, 6.45) is 2.39. The Morgan fingerprint density at radius 3 is 2.86 bits per heavy atom. The van der Waals surface area contributed by atoms with Crippen LogP contribution in [-0.2, 0) is 4.79 Å². The number of benzene rings is 1. The lowest BCUT2D eigenvalue weighted by Crippen LogP contribution is -2.43. The minimum Gasteiger partial charge on any atom is -0.329 e. The van der Waals surface area contributed by atoms with Gasteiger partial charge >= 0.3 is 0 Å². The van der Waals surface area contributed by atoms with E-state index in [0.717, 1.165) is 0 Å². The smallest absolute Gasteiger partial charge is 0.238 e. The third kappa shape index (κ3) is 4.18. The number of anilines is 1. The summed E-state index contributed by atoms with van der Waals surface area (Å²) >= 11 is 5.94. The maximum Gasteiger partial charge on any atom is 0.238 e. The van der Waals surface area contributed by atoms with Gasteiger partial charge in [-0.1, -0.05) is 11.6 Å². The van der Waals surface area contributed by atoms with Gasteiger partial charge in [-0.2, -0.15) is 5.26 Å². The minimum atomic E-state index is -0.114. The van der Waals surface area contributed by atoms with E-state index in [2.05, 4.69) is 5.32 Å². The topological polar surface area (TPSA) is 82.2 Å². The van der Waals surface area contributed by atoms with Gasteiger partial charge in [-0.3, -0.25) is 9.69 Å². The molecule has 1 aromatic rings. The van der Waals surface area contributed by atoms with Crippen molar-refractivity contribution >= 4 is 23.2 Å². The lowest BCUT2D eigenvalue weighted by molar-refractivity contribution is -0.117. The van der Waals surface area contributed by atoms with Crippen molar-refractivity contribution < 1.29 is 4.79 Å². The molecule has 1 saturated carbocycles. The average molecular weight is 307 g/mol. The van der Waals surface area contributed by atoms with Crippen LogP contribution in [0.1, 0.15) is 18.4 Å². The largest absolute Gasteiger partial charge is 0.329 e. The van der Waals surface area contributed by atoms with E-state index < -0.39 is 0 Å². The highest BCUT2D eigenvalue weighted by atomic mass is 35.5. The maximum atomic E-state index is 12.1. The molecule has 0 heterocycles. The van der Waals surface area contributed by atoms with Crippen LogP contribution >= 0.6 is 11.6 Å². The highest BCUT2D eigenvalue weighted by Crippen LogP contribution is 2.34. The fourth-order valence-corrected chi connectivity index (χ4v) is 2.66. The number of nitriles is 1. The number of likely N-dealkylation sites (N-methyl/N-ethyl adjacent to an activating group) is 1. The molecular formula is C15H19ClN4O. The Kier molecular flexibility index (Phi) is 5.18. The summed E-state index contributed by atoms with van der Waals surface area (Å²) in [4.78, 5) is 14.0. The maximum absolute atomic E-state index is 12.1. The van der Waals surface area contributed by atoms with Gasteiger partial charge in [0.15, 0.2) is 0 Å². The zero-order valence-corrected chi connectivity index (χ0v) is 12.7. The van der Waals surface area contributed by atoms with E-state index in [0.29, 0.717) is 28.7 Å². The zero-order valence-electron chi connectivity index (χ0n) is 12.0. The third-order valence-corrected chi connectivity index (χ3v) is 4.05. The number of nitrogens with one attached hydrogen (secondary N) is 1. The molecule has 0 bridgehead atoms. The van der Waals surface area contributed by atoms with Crippen LogP contribution in [0.15, 0.2) is 18.2 Å². The number of amides is 1. The predicted molar refractivity (Wildman–Crippen MR) is 83.0 cm³/mol. The van der Waals surface area contributed by atoms with Crippen LogP contribution in [0.5, 0.6) is 0 Å². The third-order valence-electron chi connectivity index (χ3n) is 3.74. The molecule has 1 atom stereocenters. The van der Waals surface area contributed by atoms with Crippen LogP contribution < -0.4 is 11.1 Å². The van der Waals surface area contributed by atoms with Crippen molar-refractivity contribution in [2.75, 3.05) is 25.5 Å². The van der Waals surface area contributed by atoms with E-state index in [4.69, 9.17) is 22.6 Å². The normalized spacial score (nSPS) is 15.6. The fourth-order valence-electron chi connectivity index (χ4n) is 2.44. The Morgan fingerprint density at radius 2 is 2.33 bits per heavy atom. The Morgan fingerprint density at radius 1 is 1.62 bits per heavy atom. The quantitative estimate of drug-likeness (QED) is 0.840. The lowest BCUT2D eigenvalue weighted by Gasteiger charge is -2.26. The van der Waals surface area contributed by atoms with Gasteiger partial charge in [0.1, 0.15) is 6.07 Å². The number of rotatable bonds is 6. The first-order valence-corrected chi connectivity index (χ1v) is 7.32. The number of hydrogen-bond acceptors (Lipinski definition) is 4. The Hall–Kier alpha value is -1.61. The standard InChI is InChI=1S/C15H19ClN4O/c1-20(14(8-18)10-2-3-10)9-15(21)19-12-5-4-11(7-17)13(16)6-12/h4-6,10,14H,2-3,8-9,18H2,1H3,(H,19,21). The van der Waals surface area contributed by atoms with E-state index in [1.54, 1.807) is 18.2 Å². The monoisotopic (exact) mass is 306 g/mol. The highest BCUT2D eigenvalue weighted by Gasteiger charge is 2.33. The van der Waals surface area contributed by atoms with Crippen molar-refractivity contribution in [3.8, 4) is 6.07 Å². The molecule has 1 aliphatic carbocycles. The Labute approximate surface area is 129 Å². The van der Waals surface area contributed by atoms with Gasteiger partial charge in [-0.25, -0.2) is 0 Å². The van der Waals surface area contributed by atoms with E-state index in [-0.39, 0.29) is 18.5 Å². The van der Waals surface area contributed by atoms with Crippen molar-refractivity contribution in [3.63, 3.8) is 0 Å². The predicted octanol–water partition coefficient (Wildman–Crippen LogP) is 1.82. The second kappa shape index (κ2) is 6.90. The van der Waals surface area contributed by atoms with Crippen LogP contribution in [0, 0.1) is 17.2 Å². The summed E-state index contributed by atoms with van der Waals surface area (Å²) in [5, 5.41) is 11.9. The minimum absolute atomic E-state index is 0.114. The number of nitrogens with two attached hydrogens (primary N) is 1. The first kappa shape index (κ1) is 15.8. The van der Waals surface area contributed by atoms with Crippen molar-refractivity contribution in [2.24, 2.45) is 11.7 Å². The second-order valence-corrected chi connectivity index (χ2v) is 5.82. The Bertz CT molecular complexity index is 565. The fraction of sp³-hybridized carbons (Fsp3) is 0.467. The van der Waals surface area contributed by atoms with Gasteiger partial charge in [-0.15, -0.1) is 0 Å². The van der Waals surface area contributed by atoms with E-state index in [1.165, 1.54) is 12.8 Å². The summed E-state index contributed by atoms with van der Waals surface area (Å²) in [5.74, 6) is 0.509. The molecule has 1 fully saturated rings. The molecule has 0 radical (unpaired) electrons. The first-order chi connectivity index (χ1) is 10.0. The molecule has 0 saturated heterocycles. The Balaban J connectivity index is 1.92. The van der Waals surface area contributed by atoms with E-state index in [1.807, 2.05) is 18.0 Å². The molecule has 5 nitrogen and oxygen atoms in total. The molecule has 0 spiro atoms. The molecule has 0 aromatic heterocycles. The number of halogens is 1. The van der Waals surface area contributed by atoms with Crippen molar-refractivity contribution in [1.82, 2.24) is 4.90 Å². The molecule has 0 aliphatic heterocycles. The molecule has 1 unspecified atom stereocenters. The molecule has 6 heteroatoms. The van der Waals surface area contributed by atoms with Gasteiger partial charge in [0.2, 0.25) is 5.91 Å². The van der Waals surface area contributed by atoms with Gasteiger partial charge in [0.25, 0.3) is 0 Å². The molecule has 2 rings (SSSR count). The second-order valence-electron chi connectivity index (χ2n) is 5.41. The molecule has 3 N–H and O–H groups in total. The number of nitrogens with zero attached hydrogens (tertiary/aromatic N) is 2. The summed E-state index contributed by atoms with van der Waals surface area (Å²) in [6.45, 7) is 0.854. The lowest BCUT2D eigenvalue weighted by atomic mass is 10.1. The van der Waals surface area contributed by atoms with Crippen molar-refractivity contribution in [3.05, 3.63) is 28.8 Å².